The summed E-state index contributed by atoms with van der Waals surface area (Å²) < 4.78 is 10.6. The minimum Gasteiger partial charge on any atom is -0.497 e. The Morgan fingerprint density at radius 1 is 1.26 bits per heavy atom. The van der Waals surface area contributed by atoms with Gasteiger partial charge in [-0.2, -0.15) is 5.26 Å². The number of methoxy groups -OCH3 is 2. The molecular formula is C17H23N3O3. The first-order valence-electron chi connectivity index (χ1n) is 7.64. The summed E-state index contributed by atoms with van der Waals surface area (Å²) in [5.74, 6) is 0.948. The molecule has 1 aromatic rings. The van der Waals surface area contributed by atoms with Crippen molar-refractivity contribution >= 4 is 5.91 Å². The SMILES string of the molecule is COc1cc(OC)c2c(c1)C(=O)N(CCCCN(C)C)C2C#N. The molecule has 6 heteroatoms. The number of benzene rings is 1. The van der Waals surface area contributed by atoms with E-state index in [2.05, 4.69) is 11.0 Å². The number of rotatable bonds is 7. The molecule has 0 aromatic heterocycles. The number of amides is 1. The van der Waals surface area contributed by atoms with E-state index in [4.69, 9.17) is 9.47 Å². The Hall–Kier alpha value is -2.26. The molecule has 1 aliphatic heterocycles. The summed E-state index contributed by atoms with van der Waals surface area (Å²) >= 11 is 0. The minimum atomic E-state index is -0.599. The summed E-state index contributed by atoms with van der Waals surface area (Å²) in [5, 5.41) is 9.55. The second kappa shape index (κ2) is 7.34. The van der Waals surface area contributed by atoms with Crippen molar-refractivity contribution in [2.24, 2.45) is 0 Å². The van der Waals surface area contributed by atoms with Gasteiger partial charge in [-0.25, -0.2) is 0 Å². The molecule has 0 bridgehead atoms. The van der Waals surface area contributed by atoms with Crippen LogP contribution in [0.5, 0.6) is 11.5 Å². The number of carbonyl (C=O) groups excluding carboxylic acids is 1. The maximum Gasteiger partial charge on any atom is 0.255 e. The van der Waals surface area contributed by atoms with Gasteiger partial charge in [-0.1, -0.05) is 0 Å². The van der Waals surface area contributed by atoms with E-state index in [1.165, 1.54) is 7.11 Å². The second-order valence-corrected chi connectivity index (χ2v) is 5.83. The molecule has 0 fully saturated rings. The number of fused-ring (bicyclic) bond motifs is 1. The van der Waals surface area contributed by atoms with Crippen LogP contribution >= 0.6 is 0 Å². The zero-order chi connectivity index (χ0) is 17.0. The monoisotopic (exact) mass is 317 g/mol. The van der Waals surface area contributed by atoms with Crippen LogP contribution in [0.2, 0.25) is 0 Å². The van der Waals surface area contributed by atoms with E-state index in [0.717, 1.165) is 19.4 Å². The highest BCUT2D eigenvalue weighted by Gasteiger charge is 2.39. The summed E-state index contributed by atoms with van der Waals surface area (Å²) in [5.41, 5.74) is 1.15. The third-order valence-corrected chi connectivity index (χ3v) is 4.02. The summed E-state index contributed by atoms with van der Waals surface area (Å²) in [7, 11) is 7.12. The van der Waals surface area contributed by atoms with Crippen molar-refractivity contribution in [1.82, 2.24) is 9.80 Å². The first-order valence-corrected chi connectivity index (χ1v) is 7.64. The summed E-state index contributed by atoms with van der Waals surface area (Å²) in [6, 6.07) is 5.04. The molecule has 1 atom stereocenters. The van der Waals surface area contributed by atoms with E-state index >= 15 is 0 Å². The highest BCUT2D eigenvalue weighted by molar-refractivity contribution is 6.01. The molecule has 0 N–H and O–H groups in total. The van der Waals surface area contributed by atoms with Gasteiger partial charge in [0.2, 0.25) is 0 Å². The van der Waals surface area contributed by atoms with Crippen LogP contribution in [0.25, 0.3) is 0 Å². The second-order valence-electron chi connectivity index (χ2n) is 5.83. The maximum absolute atomic E-state index is 12.7. The Kier molecular flexibility index (Phi) is 5.45. The molecular weight excluding hydrogens is 294 g/mol. The van der Waals surface area contributed by atoms with E-state index in [1.54, 1.807) is 24.1 Å². The molecule has 1 amide bonds. The highest BCUT2D eigenvalue weighted by Crippen LogP contribution is 2.41. The fourth-order valence-electron chi connectivity index (χ4n) is 2.85. The van der Waals surface area contributed by atoms with Crippen LogP contribution in [-0.2, 0) is 0 Å². The lowest BCUT2D eigenvalue weighted by Gasteiger charge is -2.21. The van der Waals surface area contributed by atoms with Gasteiger partial charge in [0.05, 0.1) is 25.9 Å². The van der Waals surface area contributed by atoms with Crippen molar-refractivity contribution in [3.8, 4) is 17.6 Å². The van der Waals surface area contributed by atoms with Crippen LogP contribution in [0.15, 0.2) is 12.1 Å². The van der Waals surface area contributed by atoms with Crippen molar-refractivity contribution in [3.05, 3.63) is 23.3 Å². The normalized spacial score (nSPS) is 16.4. The van der Waals surface area contributed by atoms with Gasteiger partial charge in [0.1, 0.15) is 17.5 Å². The number of carbonyl (C=O) groups is 1. The molecule has 0 radical (unpaired) electrons. The van der Waals surface area contributed by atoms with Crippen molar-refractivity contribution in [3.63, 3.8) is 0 Å². The number of unbranched alkanes of at least 4 members (excludes halogenated alkanes) is 1. The van der Waals surface area contributed by atoms with E-state index in [9.17, 15) is 10.1 Å². The Morgan fingerprint density at radius 3 is 2.57 bits per heavy atom. The lowest BCUT2D eigenvalue weighted by atomic mass is 10.0. The van der Waals surface area contributed by atoms with Gasteiger partial charge >= 0.3 is 0 Å². The third kappa shape index (κ3) is 3.40. The largest absolute Gasteiger partial charge is 0.497 e. The Bertz CT molecular complexity index is 622. The lowest BCUT2D eigenvalue weighted by Crippen LogP contribution is -2.29. The zero-order valence-corrected chi connectivity index (χ0v) is 14.1. The van der Waals surface area contributed by atoms with Crippen LogP contribution in [0.4, 0.5) is 0 Å². The van der Waals surface area contributed by atoms with Crippen LogP contribution in [0.1, 0.15) is 34.8 Å². The smallest absolute Gasteiger partial charge is 0.255 e. The first-order chi connectivity index (χ1) is 11.0. The number of hydrogen-bond donors (Lipinski definition) is 0. The molecule has 6 nitrogen and oxygen atoms in total. The molecule has 23 heavy (non-hydrogen) atoms. The molecule has 0 spiro atoms. The standard InChI is InChI=1S/C17H23N3O3/c1-19(2)7-5-6-8-20-14(11-18)16-13(17(20)21)9-12(22-3)10-15(16)23-4/h9-10,14H,5-8H2,1-4H3. The maximum atomic E-state index is 12.7. The number of nitriles is 1. The Balaban J connectivity index is 2.24. The summed E-state index contributed by atoms with van der Waals surface area (Å²) in [6.07, 6.45) is 1.83. The molecule has 2 rings (SSSR count). The fourth-order valence-corrected chi connectivity index (χ4v) is 2.85. The summed E-state index contributed by atoms with van der Waals surface area (Å²) in [6.45, 7) is 1.52. The predicted octanol–water partition coefficient (Wildman–Crippen LogP) is 2.07. The topological polar surface area (TPSA) is 65.8 Å². The van der Waals surface area contributed by atoms with Crippen molar-refractivity contribution < 1.29 is 14.3 Å². The van der Waals surface area contributed by atoms with Gasteiger partial charge in [-0.3, -0.25) is 4.79 Å². The quantitative estimate of drug-likeness (QED) is 0.720. The average Bonchev–Trinajstić information content (AvgIpc) is 2.82. The third-order valence-electron chi connectivity index (χ3n) is 4.02. The van der Waals surface area contributed by atoms with Crippen LogP contribution in [0.3, 0.4) is 0 Å². The molecule has 1 unspecified atom stereocenters. The first kappa shape index (κ1) is 17.1. The van der Waals surface area contributed by atoms with Gasteiger partial charge in [0.15, 0.2) is 0 Å². The van der Waals surface area contributed by atoms with E-state index < -0.39 is 6.04 Å². The fraction of sp³-hybridized carbons (Fsp3) is 0.529. The van der Waals surface area contributed by atoms with Crippen molar-refractivity contribution in [2.75, 3.05) is 41.4 Å². The highest BCUT2D eigenvalue weighted by atomic mass is 16.5. The zero-order valence-electron chi connectivity index (χ0n) is 14.1. The van der Waals surface area contributed by atoms with Crippen LogP contribution < -0.4 is 9.47 Å². The van der Waals surface area contributed by atoms with E-state index in [1.807, 2.05) is 14.1 Å². The molecule has 1 aromatic carbocycles. The molecule has 1 aliphatic rings. The van der Waals surface area contributed by atoms with E-state index in [-0.39, 0.29) is 5.91 Å². The molecule has 0 saturated heterocycles. The van der Waals surface area contributed by atoms with Gasteiger partial charge in [-0.15, -0.1) is 0 Å². The predicted molar refractivity (Wildman–Crippen MR) is 86.7 cm³/mol. The molecule has 0 saturated carbocycles. The minimum absolute atomic E-state index is 0.131. The van der Waals surface area contributed by atoms with Crippen molar-refractivity contribution in [2.45, 2.75) is 18.9 Å². The van der Waals surface area contributed by atoms with Gasteiger partial charge in [0, 0.05) is 18.2 Å². The molecule has 124 valence electrons. The number of hydrogen-bond acceptors (Lipinski definition) is 5. The van der Waals surface area contributed by atoms with Gasteiger partial charge < -0.3 is 19.3 Å². The molecule has 0 aliphatic carbocycles. The molecule has 1 heterocycles. The number of nitrogens with zero attached hydrogens (tertiary/aromatic N) is 3. The van der Waals surface area contributed by atoms with Gasteiger partial charge in [0.25, 0.3) is 5.91 Å². The lowest BCUT2D eigenvalue weighted by molar-refractivity contribution is 0.0753. The van der Waals surface area contributed by atoms with Crippen LogP contribution in [-0.4, -0.2) is 57.1 Å². The Labute approximate surface area is 137 Å². The van der Waals surface area contributed by atoms with Gasteiger partial charge in [-0.05, 0) is 39.5 Å². The summed E-state index contributed by atoms with van der Waals surface area (Å²) in [4.78, 5) is 16.4. The van der Waals surface area contributed by atoms with Crippen molar-refractivity contribution in [1.29, 1.82) is 5.26 Å². The Morgan fingerprint density at radius 2 is 2.00 bits per heavy atom. The number of ether oxygens (including phenoxy) is 2. The average molecular weight is 317 g/mol. The van der Waals surface area contributed by atoms with E-state index in [0.29, 0.717) is 29.2 Å². The van der Waals surface area contributed by atoms with Crippen LogP contribution in [0, 0.1) is 11.3 Å².